The van der Waals surface area contributed by atoms with Gasteiger partial charge in [-0.1, -0.05) is 12.1 Å². The summed E-state index contributed by atoms with van der Waals surface area (Å²) in [6, 6.07) is 8.17. The molecule has 0 unspecified atom stereocenters. The number of thiophene rings is 1. The summed E-state index contributed by atoms with van der Waals surface area (Å²) in [5, 5.41) is 18.5. The van der Waals surface area contributed by atoms with E-state index in [0.29, 0.717) is 37.2 Å². The minimum Gasteiger partial charge on any atom is -0.389 e. The van der Waals surface area contributed by atoms with E-state index in [-0.39, 0.29) is 11.7 Å². The van der Waals surface area contributed by atoms with Crippen molar-refractivity contribution in [1.82, 2.24) is 15.1 Å². The van der Waals surface area contributed by atoms with E-state index < -0.39 is 5.60 Å². The number of aromatic amines is 1. The summed E-state index contributed by atoms with van der Waals surface area (Å²) in [6.07, 6.45) is 3.08. The van der Waals surface area contributed by atoms with Crippen LogP contribution in [0.3, 0.4) is 0 Å². The summed E-state index contributed by atoms with van der Waals surface area (Å²) in [5.41, 5.74) is -0.113. The molecule has 1 aromatic carbocycles. The quantitative estimate of drug-likeness (QED) is 0.755. The second-order valence-electron chi connectivity index (χ2n) is 6.59. The van der Waals surface area contributed by atoms with Crippen LogP contribution in [0.2, 0.25) is 0 Å². The fourth-order valence-electron chi connectivity index (χ4n) is 3.34. The van der Waals surface area contributed by atoms with Crippen LogP contribution in [-0.2, 0) is 6.42 Å². The highest BCUT2D eigenvalue weighted by atomic mass is 32.1. The van der Waals surface area contributed by atoms with Gasteiger partial charge in [0.1, 0.15) is 10.6 Å². The van der Waals surface area contributed by atoms with Crippen LogP contribution in [0.25, 0.3) is 10.2 Å². The van der Waals surface area contributed by atoms with Gasteiger partial charge in [0.2, 0.25) is 0 Å². The minimum absolute atomic E-state index is 0.0117. The number of aromatic nitrogens is 2. The van der Waals surface area contributed by atoms with Crippen LogP contribution >= 0.6 is 11.3 Å². The Morgan fingerprint density at radius 2 is 2.16 bits per heavy atom. The summed E-state index contributed by atoms with van der Waals surface area (Å²) in [4.78, 5) is 16.0. The van der Waals surface area contributed by atoms with E-state index in [1.807, 2.05) is 12.1 Å². The van der Waals surface area contributed by atoms with Crippen molar-refractivity contribution in [2.24, 2.45) is 0 Å². The van der Waals surface area contributed by atoms with Crippen molar-refractivity contribution in [3.05, 3.63) is 52.8 Å². The molecule has 1 fully saturated rings. The van der Waals surface area contributed by atoms with Crippen LogP contribution in [0.5, 0.6) is 0 Å². The number of likely N-dealkylation sites (tertiary alicyclic amines) is 1. The molecule has 1 saturated heterocycles. The summed E-state index contributed by atoms with van der Waals surface area (Å²) in [5.74, 6) is -0.306. The number of nitrogens with one attached hydrogen (secondary N) is 1. The second kappa shape index (κ2) is 6.24. The SMILES string of the molecule is O=C(c1cc2cn[nH]c2s1)N1CCC(O)(Cc2cccc(F)c2)CC1. The number of fused-ring (bicyclic) bond motifs is 1. The molecule has 0 aliphatic carbocycles. The number of halogens is 1. The fraction of sp³-hybridized carbons (Fsp3) is 0.333. The third-order valence-electron chi connectivity index (χ3n) is 4.74. The van der Waals surface area contributed by atoms with Gasteiger partial charge in [-0.05, 0) is 36.6 Å². The third-order valence-corrected chi connectivity index (χ3v) is 5.79. The predicted molar refractivity (Wildman–Crippen MR) is 94.2 cm³/mol. The molecule has 130 valence electrons. The Kier molecular flexibility index (Phi) is 4.05. The Labute approximate surface area is 148 Å². The lowest BCUT2D eigenvalue weighted by molar-refractivity contribution is -0.0161. The molecule has 2 N–H and O–H groups in total. The van der Waals surface area contributed by atoms with Gasteiger partial charge >= 0.3 is 0 Å². The number of hydrogen-bond acceptors (Lipinski definition) is 4. The average molecular weight is 359 g/mol. The maximum Gasteiger partial charge on any atom is 0.264 e. The monoisotopic (exact) mass is 359 g/mol. The van der Waals surface area contributed by atoms with Crippen LogP contribution in [0, 0.1) is 5.82 Å². The van der Waals surface area contributed by atoms with Crippen molar-refractivity contribution in [3.8, 4) is 0 Å². The van der Waals surface area contributed by atoms with Gasteiger partial charge in [0.25, 0.3) is 5.91 Å². The maximum atomic E-state index is 13.3. The van der Waals surface area contributed by atoms with E-state index >= 15 is 0 Å². The van der Waals surface area contributed by atoms with E-state index in [1.165, 1.54) is 23.5 Å². The number of H-pyrrole nitrogens is 1. The van der Waals surface area contributed by atoms with E-state index in [0.717, 1.165) is 15.8 Å². The van der Waals surface area contributed by atoms with E-state index in [4.69, 9.17) is 0 Å². The Balaban J connectivity index is 1.41. The second-order valence-corrected chi connectivity index (χ2v) is 7.64. The summed E-state index contributed by atoms with van der Waals surface area (Å²) in [6.45, 7) is 0.990. The molecule has 5 nitrogen and oxygen atoms in total. The number of carbonyl (C=O) groups is 1. The maximum absolute atomic E-state index is 13.3. The first kappa shape index (κ1) is 16.2. The Morgan fingerprint density at radius 3 is 2.88 bits per heavy atom. The van der Waals surface area contributed by atoms with Gasteiger partial charge < -0.3 is 10.0 Å². The van der Waals surface area contributed by atoms with Gasteiger partial charge in [-0.25, -0.2) is 4.39 Å². The van der Waals surface area contributed by atoms with Crippen LogP contribution in [0.1, 0.15) is 28.1 Å². The fourth-order valence-corrected chi connectivity index (χ4v) is 4.29. The predicted octanol–water partition coefficient (Wildman–Crippen LogP) is 2.97. The lowest BCUT2D eigenvalue weighted by Crippen LogP contribution is -2.47. The van der Waals surface area contributed by atoms with Crippen LogP contribution in [0.15, 0.2) is 36.5 Å². The van der Waals surface area contributed by atoms with Gasteiger partial charge in [0.15, 0.2) is 0 Å². The molecule has 0 radical (unpaired) electrons. The highest BCUT2D eigenvalue weighted by molar-refractivity contribution is 7.20. The molecule has 1 aliphatic heterocycles. The van der Waals surface area contributed by atoms with Gasteiger partial charge in [-0.15, -0.1) is 11.3 Å². The first-order chi connectivity index (χ1) is 12.0. The molecule has 7 heteroatoms. The van der Waals surface area contributed by atoms with Crippen molar-refractivity contribution in [2.75, 3.05) is 13.1 Å². The number of rotatable bonds is 3. The van der Waals surface area contributed by atoms with Gasteiger partial charge in [0, 0.05) is 24.9 Å². The lowest BCUT2D eigenvalue weighted by Gasteiger charge is -2.38. The molecular formula is C18H18FN3O2S. The standard InChI is InChI=1S/C18H18FN3O2S/c19-14-3-1-2-12(8-14)10-18(24)4-6-22(7-5-18)17(23)15-9-13-11-20-21-16(13)25-15/h1-3,8-9,11,24H,4-7,10H2,(H,20,21). The number of piperidine rings is 1. The van der Waals surface area contributed by atoms with Crippen molar-refractivity contribution in [3.63, 3.8) is 0 Å². The zero-order valence-corrected chi connectivity index (χ0v) is 14.4. The molecule has 0 spiro atoms. The third kappa shape index (κ3) is 3.29. The highest BCUT2D eigenvalue weighted by Gasteiger charge is 2.34. The van der Waals surface area contributed by atoms with Crippen molar-refractivity contribution < 1.29 is 14.3 Å². The zero-order valence-electron chi connectivity index (χ0n) is 13.5. The number of nitrogens with zero attached hydrogens (tertiary/aromatic N) is 2. The van der Waals surface area contributed by atoms with Crippen molar-refractivity contribution in [1.29, 1.82) is 0 Å². The van der Waals surface area contributed by atoms with E-state index in [2.05, 4.69) is 10.2 Å². The molecule has 0 saturated carbocycles. The highest BCUT2D eigenvalue weighted by Crippen LogP contribution is 2.29. The average Bonchev–Trinajstić information content (AvgIpc) is 3.16. The van der Waals surface area contributed by atoms with Crippen LogP contribution in [0.4, 0.5) is 4.39 Å². The molecule has 1 aliphatic rings. The van der Waals surface area contributed by atoms with Crippen molar-refractivity contribution in [2.45, 2.75) is 24.9 Å². The van der Waals surface area contributed by atoms with Crippen molar-refractivity contribution >= 4 is 27.5 Å². The lowest BCUT2D eigenvalue weighted by atomic mass is 9.85. The molecule has 3 heterocycles. The summed E-state index contributed by atoms with van der Waals surface area (Å²) >= 11 is 1.40. The van der Waals surface area contributed by atoms with E-state index in [9.17, 15) is 14.3 Å². The van der Waals surface area contributed by atoms with E-state index in [1.54, 1.807) is 17.2 Å². The summed E-state index contributed by atoms with van der Waals surface area (Å²) in [7, 11) is 0. The molecular weight excluding hydrogens is 341 g/mol. The molecule has 25 heavy (non-hydrogen) atoms. The molecule has 4 rings (SSSR count). The minimum atomic E-state index is -0.893. The molecule has 2 aromatic heterocycles. The summed E-state index contributed by atoms with van der Waals surface area (Å²) < 4.78 is 13.3. The Morgan fingerprint density at radius 1 is 1.36 bits per heavy atom. The number of carbonyl (C=O) groups excluding carboxylic acids is 1. The molecule has 3 aromatic rings. The first-order valence-electron chi connectivity index (χ1n) is 8.21. The first-order valence-corrected chi connectivity index (χ1v) is 9.03. The Bertz CT molecular complexity index is 883. The topological polar surface area (TPSA) is 69.2 Å². The van der Waals surface area contributed by atoms with Gasteiger partial charge in [0.05, 0.1) is 16.7 Å². The Hall–Kier alpha value is -2.25. The normalized spacial score (nSPS) is 17.1. The zero-order chi connectivity index (χ0) is 17.4. The number of benzene rings is 1. The number of hydrogen-bond donors (Lipinski definition) is 2. The number of aliphatic hydroxyl groups is 1. The van der Waals surface area contributed by atoms with Crippen LogP contribution < -0.4 is 0 Å². The van der Waals surface area contributed by atoms with Gasteiger partial charge in [-0.3, -0.25) is 9.89 Å². The number of amides is 1. The van der Waals surface area contributed by atoms with Gasteiger partial charge in [-0.2, -0.15) is 5.10 Å². The molecule has 0 atom stereocenters. The molecule has 0 bridgehead atoms. The molecule has 1 amide bonds. The van der Waals surface area contributed by atoms with Crippen LogP contribution in [-0.4, -0.2) is 44.8 Å². The largest absolute Gasteiger partial charge is 0.389 e. The smallest absolute Gasteiger partial charge is 0.264 e.